The third-order valence-corrected chi connectivity index (χ3v) is 6.08. The predicted octanol–water partition coefficient (Wildman–Crippen LogP) is 3.37. The summed E-state index contributed by atoms with van der Waals surface area (Å²) in [5, 5.41) is 5.53. The molecule has 7 heteroatoms. The summed E-state index contributed by atoms with van der Waals surface area (Å²) in [7, 11) is 0. The number of rotatable bonds is 4. The molecule has 0 bridgehead atoms. The van der Waals surface area contributed by atoms with Gasteiger partial charge >= 0.3 is 0 Å². The van der Waals surface area contributed by atoms with Gasteiger partial charge in [-0.25, -0.2) is 10.8 Å². The Morgan fingerprint density at radius 3 is 2.71 bits per heavy atom. The van der Waals surface area contributed by atoms with Crippen molar-refractivity contribution in [2.45, 2.75) is 43.9 Å². The molecule has 1 aliphatic rings. The van der Waals surface area contributed by atoms with Crippen molar-refractivity contribution >= 4 is 45.1 Å². The number of fused-ring (bicyclic) bond motifs is 1. The molecule has 2 heterocycles. The van der Waals surface area contributed by atoms with E-state index >= 15 is 0 Å². The highest BCUT2D eigenvalue weighted by molar-refractivity contribution is 7.99. The van der Waals surface area contributed by atoms with Crippen molar-refractivity contribution in [3.05, 3.63) is 10.9 Å². The summed E-state index contributed by atoms with van der Waals surface area (Å²) in [5.41, 5.74) is 2.56. The first-order chi connectivity index (χ1) is 10.2. The smallest absolute Gasteiger partial charge is 0.240 e. The summed E-state index contributed by atoms with van der Waals surface area (Å²) in [4.78, 5) is 11.2. The number of thiophene rings is 1. The molecule has 0 saturated heterocycles. The van der Waals surface area contributed by atoms with E-state index in [4.69, 9.17) is 5.84 Å². The quantitative estimate of drug-likeness (QED) is 0.591. The Morgan fingerprint density at radius 1 is 1.29 bits per heavy atom. The molecule has 0 aliphatic heterocycles. The lowest BCUT2D eigenvalue weighted by atomic mass is 9.95. The van der Waals surface area contributed by atoms with Gasteiger partial charge in [0.1, 0.15) is 10.6 Å². The fourth-order valence-electron chi connectivity index (χ4n) is 2.85. The summed E-state index contributed by atoms with van der Waals surface area (Å²) < 4.78 is 0. The SMILES string of the molecule is CSC1CCC(Nc2nc(NN)nc3sc(C)cc23)CC1. The topological polar surface area (TPSA) is 75.9 Å². The number of hydrogen-bond donors (Lipinski definition) is 3. The van der Waals surface area contributed by atoms with E-state index < -0.39 is 0 Å². The molecular weight excluding hydrogens is 302 g/mol. The van der Waals surface area contributed by atoms with Crippen LogP contribution in [0.3, 0.4) is 0 Å². The van der Waals surface area contributed by atoms with E-state index in [1.807, 2.05) is 11.8 Å². The average Bonchev–Trinajstić information content (AvgIpc) is 2.88. The van der Waals surface area contributed by atoms with Crippen LogP contribution in [0.5, 0.6) is 0 Å². The molecule has 21 heavy (non-hydrogen) atoms. The summed E-state index contributed by atoms with van der Waals surface area (Å²) >= 11 is 3.66. The Morgan fingerprint density at radius 2 is 2.05 bits per heavy atom. The number of hydrazine groups is 1. The maximum atomic E-state index is 5.49. The molecule has 0 amide bonds. The van der Waals surface area contributed by atoms with Gasteiger partial charge in [-0.15, -0.1) is 11.3 Å². The normalized spacial score (nSPS) is 22.4. The first kappa shape index (κ1) is 14.9. The zero-order chi connectivity index (χ0) is 14.8. The van der Waals surface area contributed by atoms with Crippen LogP contribution in [-0.2, 0) is 0 Å². The minimum Gasteiger partial charge on any atom is -0.367 e. The first-order valence-electron chi connectivity index (χ1n) is 7.23. The number of aromatic nitrogens is 2. The molecule has 1 aliphatic carbocycles. The zero-order valence-electron chi connectivity index (χ0n) is 12.3. The maximum absolute atomic E-state index is 5.49. The van der Waals surface area contributed by atoms with Crippen LogP contribution in [0.4, 0.5) is 11.8 Å². The van der Waals surface area contributed by atoms with Gasteiger partial charge in [-0.2, -0.15) is 16.7 Å². The van der Waals surface area contributed by atoms with E-state index in [1.54, 1.807) is 11.3 Å². The van der Waals surface area contributed by atoms with Gasteiger partial charge in [0.2, 0.25) is 5.95 Å². The molecule has 0 radical (unpaired) electrons. The Balaban J connectivity index is 1.82. The Bertz CT molecular complexity index is 619. The van der Waals surface area contributed by atoms with Crippen molar-refractivity contribution in [3.8, 4) is 0 Å². The fraction of sp³-hybridized carbons (Fsp3) is 0.571. The average molecular weight is 323 g/mol. The van der Waals surface area contributed by atoms with Gasteiger partial charge < -0.3 is 5.32 Å². The molecule has 4 N–H and O–H groups in total. The number of thioether (sulfide) groups is 1. The van der Waals surface area contributed by atoms with Gasteiger partial charge in [-0.1, -0.05) is 0 Å². The van der Waals surface area contributed by atoms with Crippen molar-refractivity contribution in [1.82, 2.24) is 9.97 Å². The van der Waals surface area contributed by atoms with E-state index in [2.05, 4.69) is 40.0 Å². The van der Waals surface area contributed by atoms with Gasteiger partial charge in [-0.05, 0) is 44.9 Å². The summed E-state index contributed by atoms with van der Waals surface area (Å²) in [6, 6.07) is 2.65. The van der Waals surface area contributed by atoms with Gasteiger partial charge in [0.05, 0.1) is 5.39 Å². The number of anilines is 2. The van der Waals surface area contributed by atoms with E-state index in [1.165, 1.54) is 30.6 Å². The molecule has 0 spiro atoms. The minimum absolute atomic E-state index is 0.477. The molecule has 2 aromatic rings. The van der Waals surface area contributed by atoms with Crippen LogP contribution in [0.2, 0.25) is 0 Å². The second-order valence-electron chi connectivity index (χ2n) is 5.47. The Labute approximate surface area is 133 Å². The Kier molecular flexibility index (Phi) is 4.51. The van der Waals surface area contributed by atoms with Crippen molar-refractivity contribution < 1.29 is 0 Å². The van der Waals surface area contributed by atoms with Crippen LogP contribution in [-0.4, -0.2) is 27.5 Å². The second-order valence-corrected chi connectivity index (χ2v) is 7.84. The highest BCUT2D eigenvalue weighted by atomic mass is 32.2. The lowest BCUT2D eigenvalue weighted by Gasteiger charge is -2.28. The Hall–Kier alpha value is -1.05. The largest absolute Gasteiger partial charge is 0.367 e. The third-order valence-electron chi connectivity index (χ3n) is 3.99. The standard InChI is InChI=1S/C14H21N5S2/c1-8-7-11-12(17-14(19-15)18-13(11)21-8)16-9-3-5-10(20-2)6-4-9/h7,9-10H,3-6,15H2,1-2H3,(H2,16,17,18,19). The number of nitrogens with one attached hydrogen (secondary N) is 2. The number of hydrogen-bond acceptors (Lipinski definition) is 7. The maximum Gasteiger partial charge on any atom is 0.240 e. The predicted molar refractivity (Wildman–Crippen MR) is 93.1 cm³/mol. The van der Waals surface area contributed by atoms with Crippen LogP contribution in [0.15, 0.2) is 6.07 Å². The number of nitrogens with two attached hydrogens (primary N) is 1. The number of nitrogens with zero attached hydrogens (tertiary/aromatic N) is 2. The number of aryl methyl sites for hydroxylation is 1. The second kappa shape index (κ2) is 6.37. The van der Waals surface area contributed by atoms with Crippen LogP contribution >= 0.6 is 23.1 Å². The lowest BCUT2D eigenvalue weighted by molar-refractivity contribution is 0.472. The van der Waals surface area contributed by atoms with E-state index in [0.29, 0.717) is 12.0 Å². The highest BCUT2D eigenvalue weighted by Gasteiger charge is 2.21. The third kappa shape index (κ3) is 3.25. The van der Waals surface area contributed by atoms with E-state index in [9.17, 15) is 0 Å². The molecular formula is C14H21N5S2. The summed E-state index contributed by atoms with van der Waals surface area (Å²) in [6.07, 6.45) is 7.16. The fourth-order valence-corrected chi connectivity index (χ4v) is 4.48. The van der Waals surface area contributed by atoms with Crippen LogP contribution in [0.1, 0.15) is 30.6 Å². The minimum atomic E-state index is 0.477. The molecule has 0 aromatic carbocycles. The van der Waals surface area contributed by atoms with Crippen molar-refractivity contribution in [2.75, 3.05) is 17.0 Å². The zero-order valence-corrected chi connectivity index (χ0v) is 14.0. The number of nitrogen functional groups attached to an aromatic ring is 1. The molecule has 2 aromatic heterocycles. The highest BCUT2D eigenvalue weighted by Crippen LogP contribution is 2.33. The van der Waals surface area contributed by atoms with Crippen molar-refractivity contribution in [2.24, 2.45) is 5.84 Å². The summed E-state index contributed by atoms with van der Waals surface area (Å²) in [6.45, 7) is 2.09. The molecule has 1 fully saturated rings. The van der Waals surface area contributed by atoms with Crippen molar-refractivity contribution in [3.63, 3.8) is 0 Å². The molecule has 3 rings (SSSR count). The van der Waals surface area contributed by atoms with Crippen molar-refractivity contribution in [1.29, 1.82) is 0 Å². The van der Waals surface area contributed by atoms with Gasteiger partial charge in [0.25, 0.3) is 0 Å². The lowest BCUT2D eigenvalue weighted by Crippen LogP contribution is -2.27. The molecule has 0 atom stereocenters. The molecule has 0 unspecified atom stereocenters. The van der Waals surface area contributed by atoms with Gasteiger partial charge in [-0.3, -0.25) is 5.43 Å². The van der Waals surface area contributed by atoms with Crippen LogP contribution in [0, 0.1) is 6.92 Å². The molecule has 5 nitrogen and oxygen atoms in total. The monoisotopic (exact) mass is 323 g/mol. The molecule has 114 valence electrons. The van der Waals surface area contributed by atoms with Gasteiger partial charge in [0.15, 0.2) is 0 Å². The van der Waals surface area contributed by atoms with Crippen LogP contribution in [0.25, 0.3) is 10.2 Å². The first-order valence-corrected chi connectivity index (χ1v) is 9.34. The van der Waals surface area contributed by atoms with Gasteiger partial charge in [0, 0.05) is 16.2 Å². The molecule has 1 saturated carbocycles. The van der Waals surface area contributed by atoms with E-state index in [-0.39, 0.29) is 0 Å². The summed E-state index contributed by atoms with van der Waals surface area (Å²) in [5.74, 6) is 6.87. The van der Waals surface area contributed by atoms with Crippen LogP contribution < -0.4 is 16.6 Å². The van der Waals surface area contributed by atoms with E-state index in [0.717, 1.165) is 21.3 Å².